The van der Waals surface area contributed by atoms with Gasteiger partial charge in [0, 0.05) is 25.7 Å². The average molecular weight is 202 g/mol. The van der Waals surface area contributed by atoms with E-state index in [0.717, 1.165) is 6.04 Å². The van der Waals surface area contributed by atoms with Gasteiger partial charge in [-0.25, -0.2) is 0 Å². The first-order valence-corrected chi connectivity index (χ1v) is 6.52. The molecular formula is C10H22N2S. The van der Waals surface area contributed by atoms with Crippen molar-refractivity contribution in [3.63, 3.8) is 0 Å². The van der Waals surface area contributed by atoms with Crippen molar-refractivity contribution in [2.75, 3.05) is 37.7 Å². The lowest BCUT2D eigenvalue weighted by Gasteiger charge is -2.33. The molecule has 0 bridgehead atoms. The first-order chi connectivity index (χ1) is 6.34. The summed E-state index contributed by atoms with van der Waals surface area (Å²) in [5.74, 6) is 2.59. The third-order valence-electron chi connectivity index (χ3n) is 2.58. The van der Waals surface area contributed by atoms with Crippen LogP contribution in [0.25, 0.3) is 0 Å². The fourth-order valence-corrected chi connectivity index (χ4v) is 2.35. The van der Waals surface area contributed by atoms with Crippen LogP contribution in [-0.4, -0.2) is 48.6 Å². The Kier molecular flexibility index (Phi) is 5.83. The van der Waals surface area contributed by atoms with Gasteiger partial charge in [0.2, 0.25) is 0 Å². The zero-order valence-electron chi connectivity index (χ0n) is 8.88. The van der Waals surface area contributed by atoms with E-state index in [1.54, 1.807) is 0 Å². The summed E-state index contributed by atoms with van der Waals surface area (Å²) in [5.41, 5.74) is 0. The molecule has 0 aromatic rings. The molecule has 1 atom stereocenters. The molecule has 13 heavy (non-hydrogen) atoms. The van der Waals surface area contributed by atoms with E-state index in [9.17, 15) is 0 Å². The number of nitrogens with one attached hydrogen (secondary N) is 1. The topological polar surface area (TPSA) is 15.3 Å². The van der Waals surface area contributed by atoms with Crippen LogP contribution in [0.15, 0.2) is 0 Å². The Morgan fingerprint density at radius 3 is 3.08 bits per heavy atom. The van der Waals surface area contributed by atoms with Gasteiger partial charge in [-0.2, -0.15) is 11.8 Å². The van der Waals surface area contributed by atoms with Gasteiger partial charge >= 0.3 is 0 Å². The van der Waals surface area contributed by atoms with Crippen LogP contribution in [0.5, 0.6) is 0 Å². The lowest BCUT2D eigenvalue weighted by Crippen LogP contribution is -2.49. The highest BCUT2D eigenvalue weighted by Gasteiger charge is 2.16. The first-order valence-electron chi connectivity index (χ1n) is 5.37. The van der Waals surface area contributed by atoms with Crippen LogP contribution in [0.2, 0.25) is 0 Å². The minimum atomic E-state index is 0.736. The molecule has 78 valence electrons. The molecular weight excluding hydrogens is 180 g/mol. The van der Waals surface area contributed by atoms with Crippen molar-refractivity contribution in [1.29, 1.82) is 0 Å². The van der Waals surface area contributed by atoms with Gasteiger partial charge in [0.25, 0.3) is 0 Å². The standard InChI is InChI=1S/C10H22N2S/c1-3-13-8-4-6-12-7-5-11-9-10(12)2/h10-11H,3-9H2,1-2H3/t10-/m0/s1. The second kappa shape index (κ2) is 6.68. The molecule has 0 aromatic carbocycles. The third kappa shape index (κ3) is 4.34. The van der Waals surface area contributed by atoms with Crippen molar-refractivity contribution in [2.45, 2.75) is 26.3 Å². The van der Waals surface area contributed by atoms with Crippen LogP contribution >= 0.6 is 11.8 Å². The monoisotopic (exact) mass is 202 g/mol. The minimum Gasteiger partial charge on any atom is -0.314 e. The maximum atomic E-state index is 3.42. The van der Waals surface area contributed by atoms with Gasteiger partial charge in [0.05, 0.1) is 0 Å². The smallest absolute Gasteiger partial charge is 0.0192 e. The summed E-state index contributed by atoms with van der Waals surface area (Å²) in [6.07, 6.45) is 1.35. The van der Waals surface area contributed by atoms with Gasteiger partial charge in [-0.15, -0.1) is 0 Å². The predicted octanol–water partition coefficient (Wildman–Crippen LogP) is 1.42. The second-order valence-corrected chi connectivity index (χ2v) is 5.03. The molecule has 1 fully saturated rings. The summed E-state index contributed by atoms with van der Waals surface area (Å²) < 4.78 is 0. The van der Waals surface area contributed by atoms with E-state index in [1.165, 1.54) is 44.1 Å². The van der Waals surface area contributed by atoms with Gasteiger partial charge in [-0.1, -0.05) is 6.92 Å². The van der Waals surface area contributed by atoms with Crippen molar-refractivity contribution in [3.05, 3.63) is 0 Å². The van der Waals surface area contributed by atoms with Crippen LogP contribution in [0.3, 0.4) is 0 Å². The Morgan fingerprint density at radius 1 is 1.54 bits per heavy atom. The van der Waals surface area contributed by atoms with Crippen LogP contribution < -0.4 is 5.32 Å². The third-order valence-corrected chi connectivity index (χ3v) is 3.56. The highest BCUT2D eigenvalue weighted by Crippen LogP contribution is 2.06. The summed E-state index contributed by atoms with van der Waals surface area (Å²) in [7, 11) is 0. The largest absolute Gasteiger partial charge is 0.314 e. The molecule has 0 aromatic heterocycles. The zero-order valence-corrected chi connectivity index (χ0v) is 9.70. The quantitative estimate of drug-likeness (QED) is 0.679. The molecule has 0 unspecified atom stereocenters. The molecule has 0 aliphatic carbocycles. The molecule has 1 aliphatic heterocycles. The van der Waals surface area contributed by atoms with E-state index in [4.69, 9.17) is 0 Å². The Balaban J connectivity index is 2.05. The fourth-order valence-electron chi connectivity index (χ4n) is 1.73. The molecule has 1 rings (SSSR count). The van der Waals surface area contributed by atoms with Crippen molar-refractivity contribution in [3.8, 4) is 0 Å². The normalized spacial score (nSPS) is 24.9. The van der Waals surface area contributed by atoms with Gasteiger partial charge < -0.3 is 5.32 Å². The van der Waals surface area contributed by atoms with E-state index in [-0.39, 0.29) is 0 Å². The van der Waals surface area contributed by atoms with Crippen LogP contribution in [-0.2, 0) is 0 Å². The van der Waals surface area contributed by atoms with Gasteiger partial charge in [0.1, 0.15) is 0 Å². The Hall–Kier alpha value is 0.270. The summed E-state index contributed by atoms with van der Waals surface area (Å²) in [5, 5.41) is 3.42. The number of thioether (sulfide) groups is 1. The summed E-state index contributed by atoms with van der Waals surface area (Å²) >= 11 is 2.06. The Morgan fingerprint density at radius 2 is 2.38 bits per heavy atom. The molecule has 1 saturated heterocycles. The van der Waals surface area contributed by atoms with Crippen molar-refractivity contribution in [2.24, 2.45) is 0 Å². The van der Waals surface area contributed by atoms with Crippen molar-refractivity contribution < 1.29 is 0 Å². The molecule has 1 heterocycles. The SMILES string of the molecule is CCSCCCN1CCNC[C@@H]1C. The van der Waals surface area contributed by atoms with Crippen molar-refractivity contribution >= 4 is 11.8 Å². The number of hydrogen-bond acceptors (Lipinski definition) is 3. The maximum absolute atomic E-state index is 3.42. The van der Waals surface area contributed by atoms with E-state index in [2.05, 4.69) is 35.8 Å². The first kappa shape index (κ1) is 11.3. The summed E-state index contributed by atoms with van der Waals surface area (Å²) in [6.45, 7) is 9.41. The molecule has 2 nitrogen and oxygen atoms in total. The molecule has 0 saturated carbocycles. The van der Waals surface area contributed by atoms with E-state index < -0.39 is 0 Å². The number of hydrogen-bond donors (Lipinski definition) is 1. The number of rotatable bonds is 5. The Bertz CT molecular complexity index is 130. The van der Waals surface area contributed by atoms with Crippen LogP contribution in [0, 0.1) is 0 Å². The van der Waals surface area contributed by atoms with E-state index in [1.807, 2.05) is 0 Å². The van der Waals surface area contributed by atoms with Crippen LogP contribution in [0.1, 0.15) is 20.3 Å². The summed E-state index contributed by atoms with van der Waals surface area (Å²) in [4.78, 5) is 2.60. The highest BCUT2D eigenvalue weighted by molar-refractivity contribution is 7.99. The molecule has 1 aliphatic rings. The fraction of sp³-hybridized carbons (Fsp3) is 1.00. The van der Waals surface area contributed by atoms with Crippen LogP contribution in [0.4, 0.5) is 0 Å². The number of piperazine rings is 1. The van der Waals surface area contributed by atoms with Gasteiger partial charge in [-0.3, -0.25) is 4.90 Å². The van der Waals surface area contributed by atoms with Gasteiger partial charge in [-0.05, 0) is 31.4 Å². The van der Waals surface area contributed by atoms with Gasteiger partial charge in [0.15, 0.2) is 0 Å². The second-order valence-electron chi connectivity index (χ2n) is 3.64. The maximum Gasteiger partial charge on any atom is 0.0192 e. The van der Waals surface area contributed by atoms with E-state index >= 15 is 0 Å². The Labute approximate surface area is 86.5 Å². The molecule has 0 amide bonds. The lowest BCUT2D eigenvalue weighted by molar-refractivity contribution is 0.175. The predicted molar refractivity (Wildman–Crippen MR) is 61.5 cm³/mol. The average Bonchev–Trinajstić information content (AvgIpc) is 2.15. The molecule has 0 spiro atoms. The lowest BCUT2D eigenvalue weighted by atomic mass is 10.2. The highest BCUT2D eigenvalue weighted by atomic mass is 32.2. The zero-order chi connectivity index (χ0) is 9.52. The molecule has 1 N–H and O–H groups in total. The van der Waals surface area contributed by atoms with Crippen molar-refractivity contribution in [1.82, 2.24) is 10.2 Å². The number of nitrogens with zero attached hydrogens (tertiary/aromatic N) is 1. The molecule has 3 heteroatoms. The van der Waals surface area contributed by atoms with E-state index in [0.29, 0.717) is 0 Å². The minimum absolute atomic E-state index is 0.736. The molecule has 0 radical (unpaired) electrons. The summed E-state index contributed by atoms with van der Waals surface area (Å²) in [6, 6.07) is 0.736.